The van der Waals surface area contributed by atoms with Gasteiger partial charge in [-0.1, -0.05) is 13.8 Å². The van der Waals surface area contributed by atoms with E-state index in [2.05, 4.69) is 0 Å². The van der Waals surface area contributed by atoms with E-state index in [1.807, 2.05) is 13.8 Å². The molecule has 0 saturated heterocycles. The van der Waals surface area contributed by atoms with Crippen molar-refractivity contribution in [2.24, 2.45) is 0 Å². The maximum absolute atomic E-state index is 10.8. The number of hydrogen-bond donors (Lipinski definition) is 2. The van der Waals surface area contributed by atoms with Gasteiger partial charge in [0.15, 0.2) is 5.60 Å². The van der Waals surface area contributed by atoms with Crippen LogP contribution in [0.1, 0.15) is 47.0 Å². The molecule has 0 bridgehead atoms. The Bertz CT molecular complexity index is 220. The predicted octanol–water partition coefficient (Wildman–Crippen LogP) is 1.74. The summed E-state index contributed by atoms with van der Waals surface area (Å²) >= 11 is 0. The van der Waals surface area contributed by atoms with Crippen LogP contribution in [0.3, 0.4) is 0 Å². The molecule has 0 amide bonds. The largest absolute Gasteiger partial charge is 0.479 e. The number of carboxylic acid groups (broad SMARTS) is 1. The summed E-state index contributed by atoms with van der Waals surface area (Å²) in [6.45, 7) is 6.65. The molecule has 0 rings (SSSR count). The van der Waals surface area contributed by atoms with Gasteiger partial charge in [-0.15, -0.1) is 0 Å². The number of hydrogen-bond acceptors (Lipinski definition) is 4. The van der Waals surface area contributed by atoms with Gasteiger partial charge < -0.3 is 10.2 Å². The number of carboxylic acids is 1. The van der Waals surface area contributed by atoms with E-state index in [0.29, 0.717) is 19.3 Å². The molecule has 0 unspecified atom stereocenters. The van der Waals surface area contributed by atoms with E-state index in [4.69, 9.17) is 20.0 Å². The molecule has 0 aromatic rings. The van der Waals surface area contributed by atoms with Crippen molar-refractivity contribution in [2.75, 3.05) is 6.61 Å². The molecule has 0 radical (unpaired) electrons. The molecular formula is C11H22O5. The predicted molar refractivity (Wildman–Crippen MR) is 58.9 cm³/mol. The van der Waals surface area contributed by atoms with Crippen LogP contribution in [0.5, 0.6) is 0 Å². The van der Waals surface area contributed by atoms with E-state index in [1.54, 1.807) is 0 Å². The monoisotopic (exact) mass is 234 g/mol. The lowest BCUT2D eigenvalue weighted by Crippen LogP contribution is -2.41. The molecule has 5 heteroatoms. The van der Waals surface area contributed by atoms with Gasteiger partial charge in [0.05, 0.1) is 0 Å². The minimum atomic E-state index is -1.38. The third kappa shape index (κ3) is 4.08. The highest BCUT2D eigenvalue weighted by atomic mass is 17.2. The third-order valence-corrected chi connectivity index (χ3v) is 2.80. The second-order valence-corrected chi connectivity index (χ2v) is 4.35. The fourth-order valence-electron chi connectivity index (χ4n) is 1.20. The molecule has 0 aromatic heterocycles. The molecule has 0 aliphatic heterocycles. The van der Waals surface area contributed by atoms with Crippen molar-refractivity contribution in [1.82, 2.24) is 0 Å². The van der Waals surface area contributed by atoms with Crippen LogP contribution in [0, 0.1) is 0 Å². The molecule has 16 heavy (non-hydrogen) atoms. The SMILES string of the molecule is CCC(CC)(CCO)OOC(C)(C)C(=O)O. The van der Waals surface area contributed by atoms with Crippen LogP contribution in [0.4, 0.5) is 0 Å². The first-order valence-corrected chi connectivity index (χ1v) is 5.54. The number of carbonyl (C=O) groups is 1. The quantitative estimate of drug-likeness (QED) is 0.494. The van der Waals surface area contributed by atoms with Gasteiger partial charge in [-0.2, -0.15) is 0 Å². The van der Waals surface area contributed by atoms with E-state index < -0.39 is 17.2 Å². The zero-order chi connectivity index (χ0) is 12.8. The molecule has 0 atom stereocenters. The van der Waals surface area contributed by atoms with Crippen molar-refractivity contribution in [2.45, 2.75) is 58.2 Å². The van der Waals surface area contributed by atoms with Crippen molar-refractivity contribution < 1.29 is 24.8 Å². The zero-order valence-electron chi connectivity index (χ0n) is 10.4. The Morgan fingerprint density at radius 2 is 1.69 bits per heavy atom. The van der Waals surface area contributed by atoms with Gasteiger partial charge in [0.25, 0.3) is 0 Å². The van der Waals surface area contributed by atoms with Crippen LogP contribution >= 0.6 is 0 Å². The molecule has 0 spiro atoms. The van der Waals surface area contributed by atoms with E-state index in [0.717, 1.165) is 0 Å². The standard InChI is InChI=1S/C11H22O5/c1-5-11(6-2,7-8-12)16-15-10(3,4)9(13)14/h12H,5-8H2,1-4H3,(H,13,14). The summed E-state index contributed by atoms with van der Waals surface area (Å²) in [5.74, 6) is -1.09. The average molecular weight is 234 g/mol. The number of aliphatic hydroxyl groups excluding tert-OH is 1. The zero-order valence-corrected chi connectivity index (χ0v) is 10.4. The van der Waals surface area contributed by atoms with Gasteiger partial charge in [-0.05, 0) is 26.7 Å². The molecule has 0 fully saturated rings. The normalized spacial score (nSPS) is 12.8. The molecule has 5 nitrogen and oxygen atoms in total. The summed E-state index contributed by atoms with van der Waals surface area (Å²) in [6, 6.07) is 0. The van der Waals surface area contributed by atoms with Crippen molar-refractivity contribution in [3.8, 4) is 0 Å². The lowest BCUT2D eigenvalue weighted by molar-refractivity contribution is -0.403. The molecule has 0 saturated carbocycles. The Morgan fingerprint density at radius 3 is 2.00 bits per heavy atom. The first kappa shape index (κ1) is 15.3. The van der Waals surface area contributed by atoms with E-state index in [1.165, 1.54) is 13.8 Å². The molecule has 0 aliphatic carbocycles. The third-order valence-electron chi connectivity index (χ3n) is 2.80. The van der Waals surface area contributed by atoms with E-state index in [-0.39, 0.29) is 6.61 Å². The van der Waals surface area contributed by atoms with E-state index >= 15 is 0 Å². The summed E-state index contributed by atoms with van der Waals surface area (Å²) in [6.07, 6.45) is 1.73. The first-order chi connectivity index (χ1) is 7.33. The van der Waals surface area contributed by atoms with Gasteiger partial charge >= 0.3 is 5.97 Å². The second-order valence-electron chi connectivity index (χ2n) is 4.35. The molecular weight excluding hydrogens is 212 g/mol. The highest BCUT2D eigenvalue weighted by Gasteiger charge is 2.35. The van der Waals surface area contributed by atoms with Crippen LogP contribution in [0.2, 0.25) is 0 Å². The Hall–Kier alpha value is -0.650. The van der Waals surface area contributed by atoms with E-state index in [9.17, 15) is 4.79 Å². The highest BCUT2D eigenvalue weighted by molar-refractivity contribution is 5.76. The summed E-state index contributed by atoms with van der Waals surface area (Å²) in [5, 5.41) is 17.8. The van der Waals surface area contributed by atoms with Gasteiger partial charge in [0.1, 0.15) is 5.60 Å². The maximum Gasteiger partial charge on any atom is 0.338 e. The van der Waals surface area contributed by atoms with Gasteiger partial charge in [-0.25, -0.2) is 14.6 Å². The highest BCUT2D eigenvalue weighted by Crippen LogP contribution is 2.27. The Labute approximate surface area is 96.3 Å². The Balaban J connectivity index is 4.48. The summed E-state index contributed by atoms with van der Waals surface area (Å²) in [5.41, 5.74) is -1.99. The lowest BCUT2D eigenvalue weighted by atomic mass is 9.94. The number of aliphatic hydroxyl groups is 1. The smallest absolute Gasteiger partial charge is 0.338 e. The second kappa shape index (κ2) is 6.18. The summed E-state index contributed by atoms with van der Waals surface area (Å²) in [4.78, 5) is 21.1. The van der Waals surface area contributed by atoms with Crippen molar-refractivity contribution in [3.05, 3.63) is 0 Å². The Morgan fingerprint density at radius 1 is 1.19 bits per heavy atom. The van der Waals surface area contributed by atoms with Gasteiger partial charge in [0.2, 0.25) is 0 Å². The number of rotatable bonds is 8. The fourth-order valence-corrected chi connectivity index (χ4v) is 1.20. The number of aliphatic carboxylic acids is 1. The fraction of sp³-hybridized carbons (Fsp3) is 0.909. The molecule has 2 N–H and O–H groups in total. The molecule has 96 valence electrons. The van der Waals surface area contributed by atoms with Crippen molar-refractivity contribution in [3.63, 3.8) is 0 Å². The molecule has 0 heterocycles. The minimum Gasteiger partial charge on any atom is -0.479 e. The molecule has 0 aliphatic rings. The van der Waals surface area contributed by atoms with Crippen molar-refractivity contribution >= 4 is 5.97 Å². The van der Waals surface area contributed by atoms with Gasteiger partial charge in [-0.3, -0.25) is 0 Å². The Kier molecular flexibility index (Phi) is 5.92. The lowest BCUT2D eigenvalue weighted by Gasteiger charge is -2.32. The van der Waals surface area contributed by atoms with Crippen LogP contribution in [-0.4, -0.2) is 34.0 Å². The average Bonchev–Trinajstić information content (AvgIpc) is 2.24. The molecule has 0 aromatic carbocycles. The topological polar surface area (TPSA) is 76.0 Å². The summed E-state index contributed by atoms with van der Waals surface area (Å²) in [7, 11) is 0. The van der Waals surface area contributed by atoms with Crippen molar-refractivity contribution in [1.29, 1.82) is 0 Å². The van der Waals surface area contributed by atoms with Crippen LogP contribution in [0.25, 0.3) is 0 Å². The summed E-state index contributed by atoms with van der Waals surface area (Å²) < 4.78 is 0. The van der Waals surface area contributed by atoms with Crippen LogP contribution in [0.15, 0.2) is 0 Å². The van der Waals surface area contributed by atoms with Crippen LogP contribution < -0.4 is 0 Å². The van der Waals surface area contributed by atoms with Gasteiger partial charge in [0, 0.05) is 13.0 Å². The van der Waals surface area contributed by atoms with Crippen LogP contribution in [-0.2, 0) is 14.6 Å². The maximum atomic E-state index is 10.8. The first-order valence-electron chi connectivity index (χ1n) is 5.54. The minimum absolute atomic E-state index is 0.0153.